The molecular formula is C27H29N5O2. The van der Waals surface area contributed by atoms with E-state index in [0.717, 1.165) is 54.1 Å². The summed E-state index contributed by atoms with van der Waals surface area (Å²) in [5.41, 5.74) is 4.23. The van der Waals surface area contributed by atoms with Crippen molar-refractivity contribution in [2.45, 2.75) is 19.3 Å². The largest absolute Gasteiger partial charge is 0.497 e. The Morgan fingerprint density at radius 2 is 2.03 bits per heavy atom. The third-order valence-electron chi connectivity index (χ3n) is 6.52. The van der Waals surface area contributed by atoms with Crippen molar-refractivity contribution >= 4 is 22.6 Å². The van der Waals surface area contributed by atoms with Crippen LogP contribution in [0.15, 0.2) is 67.1 Å². The second kappa shape index (κ2) is 9.95. The van der Waals surface area contributed by atoms with Crippen molar-refractivity contribution in [1.29, 1.82) is 0 Å². The van der Waals surface area contributed by atoms with Crippen LogP contribution in [-0.2, 0) is 11.2 Å². The molecule has 0 saturated carbocycles. The fourth-order valence-corrected chi connectivity index (χ4v) is 4.64. The minimum absolute atomic E-state index is 0.0453. The first kappa shape index (κ1) is 21.9. The van der Waals surface area contributed by atoms with Gasteiger partial charge in [-0.2, -0.15) is 0 Å². The molecule has 0 spiro atoms. The van der Waals surface area contributed by atoms with Crippen LogP contribution in [0.1, 0.15) is 18.4 Å². The van der Waals surface area contributed by atoms with Crippen molar-refractivity contribution in [2.24, 2.45) is 5.92 Å². The third-order valence-corrected chi connectivity index (χ3v) is 6.52. The Hall–Kier alpha value is -3.87. The zero-order valence-corrected chi connectivity index (χ0v) is 19.3. The number of fused-ring (bicyclic) bond motifs is 1. The molecule has 0 radical (unpaired) electrons. The van der Waals surface area contributed by atoms with E-state index in [-0.39, 0.29) is 11.8 Å². The van der Waals surface area contributed by atoms with E-state index in [2.05, 4.69) is 37.3 Å². The first-order valence-corrected chi connectivity index (χ1v) is 11.8. The maximum atomic E-state index is 12.9. The number of amides is 1. The predicted octanol–water partition coefficient (Wildman–Crippen LogP) is 4.21. The Bertz CT molecular complexity index is 1270. The van der Waals surface area contributed by atoms with Crippen molar-refractivity contribution in [1.82, 2.24) is 20.3 Å². The van der Waals surface area contributed by atoms with Crippen LogP contribution in [0.3, 0.4) is 0 Å². The minimum atomic E-state index is -0.0453. The van der Waals surface area contributed by atoms with E-state index >= 15 is 0 Å². The maximum absolute atomic E-state index is 12.9. The van der Waals surface area contributed by atoms with Gasteiger partial charge in [0.1, 0.15) is 17.9 Å². The maximum Gasteiger partial charge on any atom is 0.224 e. The molecule has 0 bridgehead atoms. The molecule has 1 atom stereocenters. The van der Waals surface area contributed by atoms with Gasteiger partial charge in [0.25, 0.3) is 0 Å². The number of rotatable bonds is 7. The number of aromatic amines is 1. The van der Waals surface area contributed by atoms with Gasteiger partial charge in [0.15, 0.2) is 0 Å². The lowest BCUT2D eigenvalue weighted by Crippen LogP contribution is -2.43. The van der Waals surface area contributed by atoms with Crippen molar-refractivity contribution in [3.05, 3.63) is 72.7 Å². The number of anilines is 1. The average molecular weight is 456 g/mol. The molecule has 2 aromatic carbocycles. The van der Waals surface area contributed by atoms with Crippen LogP contribution >= 0.6 is 0 Å². The molecule has 2 aromatic heterocycles. The molecule has 0 unspecified atom stereocenters. The van der Waals surface area contributed by atoms with Gasteiger partial charge in [-0.25, -0.2) is 9.97 Å². The highest BCUT2D eigenvalue weighted by molar-refractivity contribution is 5.83. The van der Waals surface area contributed by atoms with E-state index in [9.17, 15) is 4.79 Å². The molecule has 7 heteroatoms. The summed E-state index contributed by atoms with van der Waals surface area (Å²) in [4.78, 5) is 27.4. The van der Waals surface area contributed by atoms with E-state index in [1.807, 2.05) is 48.7 Å². The number of piperidine rings is 1. The highest BCUT2D eigenvalue weighted by Gasteiger charge is 2.26. The number of para-hydroxylation sites is 1. The number of carbonyl (C=O) groups is 1. The normalized spacial score (nSPS) is 15.9. The summed E-state index contributed by atoms with van der Waals surface area (Å²) in [6.45, 7) is 2.18. The van der Waals surface area contributed by atoms with Crippen molar-refractivity contribution < 1.29 is 9.53 Å². The number of carbonyl (C=O) groups excluding carboxylic acids is 1. The van der Waals surface area contributed by atoms with Gasteiger partial charge in [0.05, 0.1) is 18.7 Å². The zero-order valence-electron chi connectivity index (χ0n) is 19.3. The van der Waals surface area contributed by atoms with E-state index < -0.39 is 0 Å². The van der Waals surface area contributed by atoms with E-state index in [1.165, 1.54) is 10.9 Å². The molecular weight excluding hydrogens is 426 g/mol. The first-order valence-electron chi connectivity index (χ1n) is 11.8. The number of benzene rings is 2. The van der Waals surface area contributed by atoms with Gasteiger partial charge in [-0.3, -0.25) is 4.79 Å². The number of nitrogens with one attached hydrogen (secondary N) is 2. The van der Waals surface area contributed by atoms with Gasteiger partial charge in [-0.05, 0) is 55.2 Å². The molecule has 174 valence electrons. The molecule has 7 nitrogen and oxygen atoms in total. The molecule has 0 aliphatic carbocycles. The molecule has 5 rings (SSSR count). The fraction of sp³-hybridized carbons (Fsp3) is 0.296. The second-order valence-corrected chi connectivity index (χ2v) is 8.68. The van der Waals surface area contributed by atoms with Gasteiger partial charge in [0, 0.05) is 48.4 Å². The molecule has 3 heterocycles. The first-order chi connectivity index (χ1) is 16.7. The summed E-state index contributed by atoms with van der Waals surface area (Å²) < 4.78 is 5.25. The molecule has 4 aromatic rings. The van der Waals surface area contributed by atoms with Crippen molar-refractivity contribution in [3.63, 3.8) is 0 Å². The highest BCUT2D eigenvalue weighted by Crippen LogP contribution is 2.26. The van der Waals surface area contributed by atoms with E-state index in [0.29, 0.717) is 13.1 Å². The summed E-state index contributed by atoms with van der Waals surface area (Å²) in [7, 11) is 1.66. The number of nitrogens with zero attached hydrogens (tertiary/aromatic N) is 3. The number of methoxy groups -OCH3 is 1. The van der Waals surface area contributed by atoms with Crippen LogP contribution in [-0.4, -0.2) is 47.6 Å². The quantitative estimate of drug-likeness (QED) is 0.436. The molecule has 1 saturated heterocycles. The molecule has 1 aliphatic rings. The molecule has 1 fully saturated rings. The number of hydrogen-bond acceptors (Lipinski definition) is 5. The number of H-pyrrole nitrogens is 1. The Kier molecular flexibility index (Phi) is 6.42. The van der Waals surface area contributed by atoms with Gasteiger partial charge in [0.2, 0.25) is 5.91 Å². The fourth-order valence-electron chi connectivity index (χ4n) is 4.64. The molecule has 2 N–H and O–H groups in total. The second-order valence-electron chi connectivity index (χ2n) is 8.68. The topological polar surface area (TPSA) is 83.1 Å². The Balaban J connectivity index is 1.20. The van der Waals surface area contributed by atoms with Crippen LogP contribution in [0, 0.1) is 5.92 Å². The summed E-state index contributed by atoms with van der Waals surface area (Å²) in [5, 5.41) is 4.37. The molecule has 1 aliphatic heterocycles. The standard InChI is InChI=1S/C27H29N5O2/c1-34-22-10-8-19(9-11-22)25-15-26(31-18-30-25)32-14-4-5-21(17-32)27(33)28-13-12-20-16-29-24-7-3-2-6-23(20)24/h2-3,6-11,15-16,18,21,29H,4-5,12-14,17H2,1H3,(H,28,33)/t21-/m1/s1. The highest BCUT2D eigenvalue weighted by atomic mass is 16.5. The van der Waals surface area contributed by atoms with Gasteiger partial charge < -0.3 is 19.9 Å². The smallest absolute Gasteiger partial charge is 0.224 e. The number of ether oxygens (including phenoxy) is 1. The minimum Gasteiger partial charge on any atom is -0.497 e. The van der Waals surface area contributed by atoms with E-state index in [4.69, 9.17) is 4.74 Å². The summed E-state index contributed by atoms with van der Waals surface area (Å²) >= 11 is 0. The Labute approximate surface area is 199 Å². The van der Waals surface area contributed by atoms with Gasteiger partial charge in [-0.15, -0.1) is 0 Å². The van der Waals surface area contributed by atoms with Crippen LogP contribution in [0.25, 0.3) is 22.2 Å². The van der Waals surface area contributed by atoms with E-state index in [1.54, 1.807) is 13.4 Å². The lowest BCUT2D eigenvalue weighted by molar-refractivity contribution is -0.125. The lowest BCUT2D eigenvalue weighted by Gasteiger charge is -2.33. The van der Waals surface area contributed by atoms with Crippen LogP contribution in [0.5, 0.6) is 5.75 Å². The average Bonchev–Trinajstić information content (AvgIpc) is 3.32. The number of hydrogen-bond donors (Lipinski definition) is 2. The van der Waals surface area contributed by atoms with Gasteiger partial charge in [-0.1, -0.05) is 18.2 Å². The zero-order chi connectivity index (χ0) is 23.3. The summed E-state index contributed by atoms with van der Waals surface area (Å²) in [6, 6.07) is 18.1. The van der Waals surface area contributed by atoms with Crippen LogP contribution in [0.4, 0.5) is 5.82 Å². The van der Waals surface area contributed by atoms with Crippen LogP contribution in [0.2, 0.25) is 0 Å². The molecule has 1 amide bonds. The lowest BCUT2D eigenvalue weighted by atomic mass is 9.97. The van der Waals surface area contributed by atoms with Crippen LogP contribution < -0.4 is 15.0 Å². The SMILES string of the molecule is COc1ccc(-c2cc(N3CCC[C@@H](C(=O)NCCc4c[nH]c5ccccc45)C3)ncn2)cc1. The monoisotopic (exact) mass is 455 g/mol. The predicted molar refractivity (Wildman–Crippen MR) is 134 cm³/mol. The van der Waals surface area contributed by atoms with Crippen molar-refractivity contribution in [2.75, 3.05) is 31.6 Å². The van der Waals surface area contributed by atoms with Gasteiger partial charge >= 0.3 is 0 Å². The summed E-state index contributed by atoms with van der Waals surface area (Å²) in [6.07, 6.45) is 6.30. The Morgan fingerprint density at radius 1 is 1.18 bits per heavy atom. The third kappa shape index (κ3) is 4.73. The molecule has 34 heavy (non-hydrogen) atoms. The number of aromatic nitrogens is 3. The Morgan fingerprint density at radius 3 is 2.88 bits per heavy atom. The van der Waals surface area contributed by atoms with Crippen molar-refractivity contribution in [3.8, 4) is 17.0 Å². The summed E-state index contributed by atoms with van der Waals surface area (Å²) in [5.74, 6) is 1.75.